The molecule has 0 bridgehead atoms. The zero-order chi connectivity index (χ0) is 21.5. The van der Waals surface area contributed by atoms with Gasteiger partial charge in [-0.05, 0) is 52.0 Å². The Hall–Kier alpha value is -2.62. The molecular formula is C18H26N2O7S. The van der Waals surface area contributed by atoms with Gasteiger partial charge in [0.25, 0.3) is 0 Å². The van der Waals surface area contributed by atoms with Gasteiger partial charge in [-0.15, -0.1) is 0 Å². The molecule has 0 spiro atoms. The summed E-state index contributed by atoms with van der Waals surface area (Å²) in [4.78, 5) is 35.6. The van der Waals surface area contributed by atoms with Crippen molar-refractivity contribution in [3.05, 3.63) is 29.8 Å². The van der Waals surface area contributed by atoms with E-state index in [9.17, 15) is 22.8 Å². The van der Waals surface area contributed by atoms with Crippen molar-refractivity contribution in [3.63, 3.8) is 0 Å². The number of nitrogens with one attached hydrogen (secondary N) is 2. The first-order chi connectivity index (χ1) is 12.8. The fourth-order valence-corrected chi connectivity index (χ4v) is 2.61. The Bertz CT molecular complexity index is 811. The molecule has 0 radical (unpaired) electrons. The Labute approximate surface area is 164 Å². The molecule has 156 valence electrons. The van der Waals surface area contributed by atoms with Crippen molar-refractivity contribution in [2.24, 2.45) is 0 Å². The van der Waals surface area contributed by atoms with Gasteiger partial charge < -0.3 is 14.8 Å². The van der Waals surface area contributed by atoms with Gasteiger partial charge in [0.15, 0.2) is 6.10 Å². The van der Waals surface area contributed by atoms with Crippen LogP contribution in [0.3, 0.4) is 0 Å². The first-order valence-electron chi connectivity index (χ1n) is 8.55. The molecule has 1 rings (SSSR count). The van der Waals surface area contributed by atoms with E-state index < -0.39 is 39.6 Å². The normalized spacial score (nSPS) is 12.6. The van der Waals surface area contributed by atoms with Gasteiger partial charge in [0.2, 0.25) is 15.8 Å². The molecule has 9 nitrogen and oxygen atoms in total. The Morgan fingerprint density at radius 2 is 1.68 bits per heavy atom. The summed E-state index contributed by atoms with van der Waals surface area (Å²) in [5.41, 5.74) is -0.0547. The van der Waals surface area contributed by atoms with E-state index in [0.29, 0.717) is 5.69 Å². The van der Waals surface area contributed by atoms with Crippen LogP contribution in [0.5, 0.6) is 0 Å². The molecule has 10 heteroatoms. The minimum atomic E-state index is -3.41. The van der Waals surface area contributed by atoms with Crippen molar-refractivity contribution >= 4 is 33.6 Å². The SMILES string of the molecule is C[C@H](OC(=O)CCNC(=O)OC(C)(C)C)C(=O)c1ccc(NS(C)(=O)=O)cc1. The van der Waals surface area contributed by atoms with E-state index >= 15 is 0 Å². The second-order valence-electron chi connectivity index (χ2n) is 7.13. The van der Waals surface area contributed by atoms with Crippen LogP contribution in [0.25, 0.3) is 0 Å². The summed E-state index contributed by atoms with van der Waals surface area (Å²) in [6.07, 6.45) is -0.769. The standard InChI is InChI=1S/C18H26N2O7S/c1-12(26-15(21)10-11-19-17(23)27-18(2,3)4)16(22)13-6-8-14(9-7-13)20-28(5,24)25/h6-9,12,20H,10-11H2,1-5H3,(H,19,23)/t12-/m0/s1. The maximum absolute atomic E-state index is 12.3. The van der Waals surface area contributed by atoms with Crippen LogP contribution in [-0.2, 0) is 24.3 Å². The molecule has 0 unspecified atom stereocenters. The number of alkyl carbamates (subject to hydrolysis) is 1. The summed E-state index contributed by atoms with van der Waals surface area (Å²) in [6.45, 7) is 6.61. The highest BCUT2D eigenvalue weighted by molar-refractivity contribution is 7.92. The van der Waals surface area contributed by atoms with Crippen molar-refractivity contribution < 1.29 is 32.3 Å². The Balaban J connectivity index is 2.49. The van der Waals surface area contributed by atoms with Crippen molar-refractivity contribution in [3.8, 4) is 0 Å². The van der Waals surface area contributed by atoms with Crippen LogP contribution in [-0.4, -0.2) is 50.8 Å². The van der Waals surface area contributed by atoms with Gasteiger partial charge in [0.1, 0.15) is 5.60 Å². The molecule has 0 fully saturated rings. The number of Topliss-reactive ketones (excluding diaryl/α,β-unsaturated/α-hetero) is 1. The number of esters is 1. The van der Waals surface area contributed by atoms with Crippen molar-refractivity contribution in [2.75, 3.05) is 17.5 Å². The van der Waals surface area contributed by atoms with Crippen LogP contribution in [0.4, 0.5) is 10.5 Å². The highest BCUT2D eigenvalue weighted by Crippen LogP contribution is 2.13. The van der Waals surface area contributed by atoms with E-state index in [2.05, 4.69) is 10.0 Å². The van der Waals surface area contributed by atoms with E-state index in [0.717, 1.165) is 6.26 Å². The number of rotatable bonds is 8. The number of ketones is 1. The van der Waals surface area contributed by atoms with Crippen molar-refractivity contribution in [1.29, 1.82) is 0 Å². The van der Waals surface area contributed by atoms with E-state index in [-0.39, 0.29) is 18.5 Å². The molecule has 1 aromatic rings. The smallest absolute Gasteiger partial charge is 0.407 e. The second kappa shape index (κ2) is 9.54. The lowest BCUT2D eigenvalue weighted by molar-refractivity contribution is -0.146. The molecule has 28 heavy (non-hydrogen) atoms. The number of hydrogen-bond donors (Lipinski definition) is 2. The highest BCUT2D eigenvalue weighted by Gasteiger charge is 2.20. The molecule has 1 aromatic carbocycles. The topological polar surface area (TPSA) is 128 Å². The number of anilines is 1. The third-order valence-corrected chi connectivity index (χ3v) is 3.75. The third-order valence-electron chi connectivity index (χ3n) is 3.15. The van der Waals surface area contributed by atoms with Crippen LogP contribution in [0, 0.1) is 0 Å². The molecule has 0 aliphatic rings. The van der Waals surface area contributed by atoms with Gasteiger partial charge in [0.05, 0.1) is 12.7 Å². The van der Waals surface area contributed by atoms with E-state index in [1.807, 2.05) is 0 Å². The summed E-state index contributed by atoms with van der Waals surface area (Å²) >= 11 is 0. The zero-order valence-corrected chi connectivity index (χ0v) is 17.4. The molecular weight excluding hydrogens is 388 g/mol. The first kappa shape index (κ1) is 23.4. The molecule has 0 aliphatic carbocycles. The predicted octanol–water partition coefficient (Wildman–Crippen LogP) is 2.09. The largest absolute Gasteiger partial charge is 0.454 e. The Morgan fingerprint density at radius 3 is 2.18 bits per heavy atom. The van der Waals surface area contributed by atoms with Crippen LogP contribution < -0.4 is 10.0 Å². The number of ether oxygens (including phenoxy) is 2. The molecule has 0 heterocycles. The van der Waals surface area contributed by atoms with Crippen LogP contribution in [0.1, 0.15) is 44.5 Å². The minimum Gasteiger partial charge on any atom is -0.454 e. The molecule has 0 aromatic heterocycles. The number of carbonyl (C=O) groups excluding carboxylic acids is 3. The lowest BCUT2D eigenvalue weighted by Crippen LogP contribution is -2.34. The van der Waals surface area contributed by atoms with E-state index in [1.54, 1.807) is 20.8 Å². The van der Waals surface area contributed by atoms with Gasteiger partial charge in [0, 0.05) is 17.8 Å². The van der Waals surface area contributed by atoms with E-state index in [1.165, 1.54) is 31.2 Å². The number of hydrogen-bond acceptors (Lipinski definition) is 7. The first-order valence-corrected chi connectivity index (χ1v) is 10.4. The van der Waals surface area contributed by atoms with E-state index in [4.69, 9.17) is 9.47 Å². The second-order valence-corrected chi connectivity index (χ2v) is 8.88. The average molecular weight is 414 g/mol. The Morgan fingerprint density at radius 1 is 1.11 bits per heavy atom. The zero-order valence-electron chi connectivity index (χ0n) is 16.6. The summed E-state index contributed by atoms with van der Waals surface area (Å²) in [7, 11) is -3.41. The van der Waals surface area contributed by atoms with Crippen LogP contribution in [0.2, 0.25) is 0 Å². The average Bonchev–Trinajstić information content (AvgIpc) is 2.51. The molecule has 0 aliphatic heterocycles. The summed E-state index contributed by atoms with van der Waals surface area (Å²) in [5, 5.41) is 2.43. The molecule has 1 atom stereocenters. The molecule has 0 saturated heterocycles. The molecule has 2 N–H and O–H groups in total. The summed E-state index contributed by atoms with van der Waals surface area (Å²) < 4.78 is 34.7. The lowest BCUT2D eigenvalue weighted by atomic mass is 10.1. The van der Waals surface area contributed by atoms with Crippen LogP contribution in [0.15, 0.2) is 24.3 Å². The monoisotopic (exact) mass is 414 g/mol. The minimum absolute atomic E-state index is 0.0144. The predicted molar refractivity (Wildman–Crippen MR) is 104 cm³/mol. The van der Waals surface area contributed by atoms with Gasteiger partial charge in [-0.25, -0.2) is 13.2 Å². The number of amides is 1. The van der Waals surface area contributed by atoms with Crippen molar-refractivity contribution in [1.82, 2.24) is 5.32 Å². The van der Waals surface area contributed by atoms with Gasteiger partial charge in [-0.1, -0.05) is 0 Å². The number of benzene rings is 1. The maximum atomic E-state index is 12.3. The summed E-state index contributed by atoms with van der Waals surface area (Å²) in [5.74, 6) is -1.08. The summed E-state index contributed by atoms with van der Waals surface area (Å²) in [6, 6.07) is 5.75. The number of carbonyl (C=O) groups is 3. The fraction of sp³-hybridized carbons (Fsp3) is 0.500. The highest BCUT2D eigenvalue weighted by atomic mass is 32.2. The van der Waals surface area contributed by atoms with Gasteiger partial charge >= 0.3 is 12.1 Å². The quantitative estimate of drug-likeness (QED) is 0.492. The van der Waals surface area contributed by atoms with Gasteiger partial charge in [-0.2, -0.15) is 0 Å². The van der Waals surface area contributed by atoms with Gasteiger partial charge in [-0.3, -0.25) is 14.3 Å². The third kappa shape index (κ3) is 9.36. The molecule has 1 amide bonds. The van der Waals surface area contributed by atoms with Crippen molar-refractivity contribution in [2.45, 2.75) is 45.8 Å². The number of sulfonamides is 1. The van der Waals surface area contributed by atoms with Crippen LogP contribution >= 0.6 is 0 Å². The molecule has 0 saturated carbocycles. The lowest BCUT2D eigenvalue weighted by Gasteiger charge is -2.19. The Kier molecular flexibility index (Phi) is 7.98. The maximum Gasteiger partial charge on any atom is 0.407 e. The fourth-order valence-electron chi connectivity index (χ4n) is 2.04.